The summed E-state index contributed by atoms with van der Waals surface area (Å²) in [4.78, 5) is 16.8. The van der Waals surface area contributed by atoms with Gasteiger partial charge in [0, 0.05) is 22.8 Å². The van der Waals surface area contributed by atoms with E-state index < -0.39 is 0 Å². The van der Waals surface area contributed by atoms with E-state index in [4.69, 9.17) is 0 Å². The molecule has 2 N–H and O–H groups in total. The summed E-state index contributed by atoms with van der Waals surface area (Å²) in [6, 6.07) is 3.79. The van der Waals surface area contributed by atoms with E-state index in [0.29, 0.717) is 11.9 Å². The average molecular weight is 298 g/mol. The first-order chi connectivity index (χ1) is 10.5. The van der Waals surface area contributed by atoms with Crippen LogP contribution >= 0.6 is 0 Å². The predicted octanol–water partition coefficient (Wildman–Crippen LogP) is 2.00. The van der Waals surface area contributed by atoms with Crippen LogP contribution in [0.4, 0.5) is 11.9 Å². The van der Waals surface area contributed by atoms with Crippen LogP contribution in [0.15, 0.2) is 22.3 Å². The molecule has 2 aromatic rings. The Morgan fingerprint density at radius 3 is 1.32 bits per heavy atom. The van der Waals surface area contributed by atoms with Gasteiger partial charge in [0.1, 0.15) is 0 Å². The van der Waals surface area contributed by atoms with E-state index in [1.165, 1.54) is 12.4 Å². The van der Waals surface area contributed by atoms with Crippen molar-refractivity contribution in [1.29, 1.82) is 0 Å². The number of nitrogens with zero attached hydrogens (tertiary/aromatic N) is 6. The fourth-order valence-corrected chi connectivity index (χ4v) is 1.81. The molecule has 114 valence electrons. The Kier molecular flexibility index (Phi) is 5.07. The van der Waals surface area contributed by atoms with Crippen molar-refractivity contribution >= 4 is 24.3 Å². The molecule has 0 fully saturated rings. The van der Waals surface area contributed by atoms with Crippen molar-refractivity contribution in [2.45, 2.75) is 27.7 Å². The van der Waals surface area contributed by atoms with Crippen LogP contribution in [0.1, 0.15) is 22.8 Å². The monoisotopic (exact) mass is 298 g/mol. The lowest BCUT2D eigenvalue weighted by atomic mass is 10.4. The zero-order valence-electron chi connectivity index (χ0n) is 13.0. The standard InChI is InChI=1S/C14H18N8/c1-9-7-10(2)18-13(17-9)21-15-5-6-16-22-14-19-11(3)8-12(4)20-14/h5-8H,1-4H3,(H,17,18,21)(H,19,20,22)/b15-5-,16-6+. The highest BCUT2D eigenvalue weighted by atomic mass is 15.4. The first-order valence-electron chi connectivity index (χ1n) is 6.74. The molecule has 0 atom stereocenters. The van der Waals surface area contributed by atoms with Gasteiger partial charge in [-0.05, 0) is 39.8 Å². The van der Waals surface area contributed by atoms with Gasteiger partial charge in [-0.15, -0.1) is 0 Å². The molecule has 0 aromatic carbocycles. The molecule has 0 saturated heterocycles. The molecular weight excluding hydrogens is 280 g/mol. The molecule has 0 aliphatic carbocycles. The third-order valence-corrected chi connectivity index (χ3v) is 2.51. The first kappa shape index (κ1) is 15.5. The van der Waals surface area contributed by atoms with Crippen molar-refractivity contribution in [3.63, 3.8) is 0 Å². The Morgan fingerprint density at radius 1 is 0.682 bits per heavy atom. The van der Waals surface area contributed by atoms with Crippen LogP contribution in [0.2, 0.25) is 0 Å². The maximum Gasteiger partial charge on any atom is 0.243 e. The Bertz CT molecular complexity index is 606. The predicted molar refractivity (Wildman–Crippen MR) is 87.2 cm³/mol. The molecule has 22 heavy (non-hydrogen) atoms. The molecule has 2 heterocycles. The molecule has 8 heteroatoms. The van der Waals surface area contributed by atoms with E-state index in [0.717, 1.165) is 22.8 Å². The third-order valence-electron chi connectivity index (χ3n) is 2.51. The second-order valence-electron chi connectivity index (χ2n) is 4.73. The van der Waals surface area contributed by atoms with E-state index in [-0.39, 0.29) is 0 Å². The number of hydrogen-bond acceptors (Lipinski definition) is 8. The zero-order chi connectivity index (χ0) is 15.9. The van der Waals surface area contributed by atoms with Crippen molar-refractivity contribution in [3.8, 4) is 0 Å². The number of anilines is 2. The van der Waals surface area contributed by atoms with Gasteiger partial charge in [-0.1, -0.05) is 0 Å². The van der Waals surface area contributed by atoms with E-state index >= 15 is 0 Å². The minimum absolute atomic E-state index is 0.452. The SMILES string of the molecule is Cc1cc(C)nc(N/N=C\C=N\Nc2nc(C)cc(C)n2)n1. The van der Waals surface area contributed by atoms with Gasteiger partial charge in [-0.2, -0.15) is 10.2 Å². The van der Waals surface area contributed by atoms with Gasteiger partial charge in [0.05, 0.1) is 12.4 Å². The van der Waals surface area contributed by atoms with Crippen LogP contribution in [0.3, 0.4) is 0 Å². The summed E-state index contributed by atoms with van der Waals surface area (Å²) in [5, 5.41) is 7.92. The molecule has 8 nitrogen and oxygen atoms in total. The minimum atomic E-state index is 0.452. The fraction of sp³-hybridized carbons (Fsp3) is 0.286. The zero-order valence-corrected chi connectivity index (χ0v) is 13.0. The van der Waals surface area contributed by atoms with Crippen LogP contribution in [-0.4, -0.2) is 32.4 Å². The maximum absolute atomic E-state index is 4.20. The number of aryl methyl sites for hydroxylation is 4. The van der Waals surface area contributed by atoms with Gasteiger partial charge in [0.2, 0.25) is 11.9 Å². The average Bonchev–Trinajstić information content (AvgIpc) is 2.40. The lowest BCUT2D eigenvalue weighted by Gasteiger charge is -2.01. The van der Waals surface area contributed by atoms with Gasteiger partial charge < -0.3 is 0 Å². The van der Waals surface area contributed by atoms with Crippen molar-refractivity contribution in [2.24, 2.45) is 10.2 Å². The summed E-state index contributed by atoms with van der Waals surface area (Å²) in [6.07, 6.45) is 2.97. The number of nitrogens with one attached hydrogen (secondary N) is 2. The van der Waals surface area contributed by atoms with Crippen LogP contribution in [0, 0.1) is 27.7 Å². The fourth-order valence-electron chi connectivity index (χ4n) is 1.81. The molecule has 0 amide bonds. The number of rotatable bonds is 5. The normalized spacial score (nSPS) is 11.3. The first-order valence-corrected chi connectivity index (χ1v) is 6.74. The van der Waals surface area contributed by atoms with Crippen molar-refractivity contribution < 1.29 is 0 Å². The topological polar surface area (TPSA) is 100 Å². The van der Waals surface area contributed by atoms with Gasteiger partial charge in [-0.25, -0.2) is 30.8 Å². The molecule has 0 bridgehead atoms. The van der Waals surface area contributed by atoms with Gasteiger partial charge in [-0.3, -0.25) is 0 Å². The lowest BCUT2D eigenvalue weighted by Crippen LogP contribution is -2.01. The van der Waals surface area contributed by atoms with Crippen LogP contribution in [-0.2, 0) is 0 Å². The van der Waals surface area contributed by atoms with Crippen LogP contribution in [0.25, 0.3) is 0 Å². The summed E-state index contributed by atoms with van der Waals surface area (Å²) < 4.78 is 0. The summed E-state index contributed by atoms with van der Waals surface area (Å²) in [5.41, 5.74) is 9.01. The second-order valence-corrected chi connectivity index (χ2v) is 4.73. The largest absolute Gasteiger partial charge is 0.245 e. The molecule has 0 saturated carbocycles. The van der Waals surface area contributed by atoms with Crippen LogP contribution in [0.5, 0.6) is 0 Å². The Labute approximate surface area is 128 Å². The second kappa shape index (κ2) is 7.21. The molecule has 0 aliphatic heterocycles. The number of hydrazone groups is 2. The summed E-state index contributed by atoms with van der Waals surface area (Å²) in [7, 11) is 0. The summed E-state index contributed by atoms with van der Waals surface area (Å²) >= 11 is 0. The maximum atomic E-state index is 4.20. The Hall–Kier alpha value is -2.90. The lowest BCUT2D eigenvalue weighted by molar-refractivity contribution is 1.03. The van der Waals surface area contributed by atoms with Gasteiger partial charge in [0.15, 0.2) is 0 Å². The molecule has 0 aliphatic rings. The minimum Gasteiger partial charge on any atom is -0.245 e. The van der Waals surface area contributed by atoms with Crippen LogP contribution < -0.4 is 10.9 Å². The van der Waals surface area contributed by atoms with Gasteiger partial charge in [0.25, 0.3) is 0 Å². The molecule has 2 aromatic heterocycles. The Morgan fingerprint density at radius 2 is 1.00 bits per heavy atom. The molecule has 0 unspecified atom stereocenters. The van der Waals surface area contributed by atoms with E-state index in [9.17, 15) is 0 Å². The molecule has 0 radical (unpaired) electrons. The third kappa shape index (κ3) is 4.89. The van der Waals surface area contributed by atoms with Gasteiger partial charge >= 0.3 is 0 Å². The highest BCUT2D eigenvalue weighted by Gasteiger charge is 1.97. The molecule has 0 spiro atoms. The summed E-state index contributed by atoms with van der Waals surface area (Å²) in [6.45, 7) is 7.61. The highest BCUT2D eigenvalue weighted by molar-refractivity contribution is 6.16. The Balaban J connectivity index is 1.86. The van der Waals surface area contributed by atoms with Crippen molar-refractivity contribution in [2.75, 3.05) is 10.9 Å². The van der Waals surface area contributed by atoms with E-state index in [2.05, 4.69) is 41.0 Å². The van der Waals surface area contributed by atoms with E-state index in [1.807, 2.05) is 39.8 Å². The number of hydrogen-bond donors (Lipinski definition) is 2. The van der Waals surface area contributed by atoms with Crippen molar-refractivity contribution in [1.82, 2.24) is 19.9 Å². The molecule has 2 rings (SSSR count). The number of aromatic nitrogens is 4. The highest BCUT2D eigenvalue weighted by Crippen LogP contribution is 2.03. The quantitative estimate of drug-likeness (QED) is 0.647. The van der Waals surface area contributed by atoms with Crippen molar-refractivity contribution in [3.05, 3.63) is 34.9 Å². The summed E-state index contributed by atoms with van der Waals surface area (Å²) in [5.74, 6) is 0.903. The molecular formula is C14H18N8. The van der Waals surface area contributed by atoms with E-state index in [1.54, 1.807) is 0 Å². The smallest absolute Gasteiger partial charge is 0.243 e.